The second-order valence-corrected chi connectivity index (χ2v) is 6.72. The highest BCUT2D eigenvalue weighted by atomic mass is 79.9. The van der Waals surface area contributed by atoms with Gasteiger partial charge in [-0.05, 0) is 36.8 Å². The smallest absolute Gasteiger partial charge is 0.139 e. The Morgan fingerprint density at radius 1 is 1.28 bits per heavy atom. The molecule has 1 aliphatic carbocycles. The summed E-state index contributed by atoms with van der Waals surface area (Å²) in [6, 6.07) is 5.71. The Morgan fingerprint density at radius 3 is 2.67 bits per heavy atom. The molecule has 0 aliphatic heterocycles. The van der Waals surface area contributed by atoms with Gasteiger partial charge in [0.15, 0.2) is 0 Å². The van der Waals surface area contributed by atoms with E-state index in [1.807, 2.05) is 18.2 Å². The Balaban J connectivity index is 2.03. The van der Waals surface area contributed by atoms with Gasteiger partial charge in [-0.1, -0.05) is 46.8 Å². The topological polar surface area (TPSA) is 9.23 Å². The third-order valence-corrected chi connectivity index (χ3v) is 5.15. The Labute approximate surface area is 128 Å². The molecule has 1 aromatic carbocycles. The highest BCUT2D eigenvalue weighted by Gasteiger charge is 2.31. The molecule has 0 bridgehead atoms. The van der Waals surface area contributed by atoms with Crippen LogP contribution in [0.1, 0.15) is 32.1 Å². The molecular formula is C14H18BrClOS. The molecule has 2 rings (SSSR count). The third-order valence-electron chi connectivity index (χ3n) is 3.68. The van der Waals surface area contributed by atoms with Gasteiger partial charge in [-0.3, -0.25) is 0 Å². The first-order valence-corrected chi connectivity index (χ1v) is 8.14. The van der Waals surface area contributed by atoms with Gasteiger partial charge in [0.1, 0.15) is 5.75 Å². The van der Waals surface area contributed by atoms with Crippen molar-refractivity contribution in [3.63, 3.8) is 0 Å². The third kappa shape index (κ3) is 3.58. The maximum atomic E-state index is 6.14. The minimum Gasteiger partial charge on any atom is -0.491 e. The molecule has 0 aromatic heterocycles. The normalized spacial score (nSPS) is 18.6. The van der Waals surface area contributed by atoms with Crippen LogP contribution in [0.15, 0.2) is 22.7 Å². The van der Waals surface area contributed by atoms with Crippen LogP contribution in [0, 0.1) is 5.41 Å². The predicted octanol–water partition coefficient (Wildman–Crippen LogP) is 5.36. The molecule has 18 heavy (non-hydrogen) atoms. The number of hydrogen-bond donors (Lipinski definition) is 1. The fourth-order valence-corrected chi connectivity index (χ4v) is 3.39. The quantitative estimate of drug-likeness (QED) is 0.720. The molecular weight excluding hydrogens is 332 g/mol. The first-order valence-electron chi connectivity index (χ1n) is 6.34. The molecule has 0 atom stereocenters. The van der Waals surface area contributed by atoms with Crippen LogP contribution < -0.4 is 4.74 Å². The maximum absolute atomic E-state index is 6.14. The first kappa shape index (κ1) is 14.5. The summed E-state index contributed by atoms with van der Waals surface area (Å²) in [6.07, 6.45) is 6.34. The molecule has 0 saturated heterocycles. The van der Waals surface area contributed by atoms with Gasteiger partial charge in [0.25, 0.3) is 0 Å². The van der Waals surface area contributed by atoms with E-state index in [1.54, 1.807) is 0 Å². The van der Waals surface area contributed by atoms with E-state index in [0.717, 1.165) is 16.0 Å². The Morgan fingerprint density at radius 2 is 2.00 bits per heavy atom. The van der Waals surface area contributed by atoms with Gasteiger partial charge in [0.2, 0.25) is 0 Å². The lowest BCUT2D eigenvalue weighted by Gasteiger charge is -2.35. The van der Waals surface area contributed by atoms with Gasteiger partial charge in [0, 0.05) is 9.89 Å². The molecule has 0 N–H and O–H groups in total. The van der Waals surface area contributed by atoms with E-state index in [1.165, 1.54) is 32.1 Å². The van der Waals surface area contributed by atoms with Crippen LogP contribution in [0.25, 0.3) is 0 Å². The number of benzene rings is 1. The van der Waals surface area contributed by atoms with E-state index in [2.05, 4.69) is 28.6 Å². The lowest BCUT2D eigenvalue weighted by atomic mass is 9.76. The SMILES string of the molecule is SCC1(COc2cc(Br)ccc2Cl)CCCCC1. The minimum absolute atomic E-state index is 0.229. The lowest BCUT2D eigenvalue weighted by molar-refractivity contribution is 0.121. The van der Waals surface area contributed by atoms with Crippen LogP contribution in [0.2, 0.25) is 5.02 Å². The Bertz CT molecular complexity index is 405. The molecule has 0 amide bonds. The van der Waals surface area contributed by atoms with Crippen LogP contribution in [-0.2, 0) is 0 Å². The van der Waals surface area contributed by atoms with E-state index in [-0.39, 0.29) is 5.41 Å². The number of rotatable bonds is 4. The molecule has 4 heteroatoms. The average Bonchev–Trinajstić information content (AvgIpc) is 2.41. The van der Waals surface area contributed by atoms with Gasteiger partial charge < -0.3 is 4.74 Å². The fraction of sp³-hybridized carbons (Fsp3) is 0.571. The summed E-state index contributed by atoms with van der Waals surface area (Å²) in [4.78, 5) is 0. The van der Waals surface area contributed by atoms with Gasteiger partial charge in [0.05, 0.1) is 11.6 Å². The molecule has 1 aliphatic rings. The van der Waals surface area contributed by atoms with E-state index < -0.39 is 0 Å². The molecule has 1 saturated carbocycles. The maximum Gasteiger partial charge on any atom is 0.139 e. The van der Waals surface area contributed by atoms with Crippen molar-refractivity contribution in [1.82, 2.24) is 0 Å². The molecule has 0 radical (unpaired) electrons. The van der Waals surface area contributed by atoms with E-state index >= 15 is 0 Å². The van der Waals surface area contributed by atoms with Crippen LogP contribution in [0.5, 0.6) is 5.75 Å². The summed E-state index contributed by atoms with van der Waals surface area (Å²) in [5, 5.41) is 0.670. The summed E-state index contributed by atoms with van der Waals surface area (Å²) in [5.41, 5.74) is 0.229. The Kier molecular flexibility index (Phi) is 5.28. The molecule has 1 nitrogen and oxygen atoms in total. The van der Waals surface area contributed by atoms with Crippen LogP contribution in [0.3, 0.4) is 0 Å². The first-order chi connectivity index (χ1) is 8.65. The zero-order valence-electron chi connectivity index (χ0n) is 10.3. The largest absolute Gasteiger partial charge is 0.491 e. The Hall–Kier alpha value is 0.140. The van der Waals surface area contributed by atoms with Crippen molar-refractivity contribution in [1.29, 1.82) is 0 Å². The second-order valence-electron chi connectivity index (χ2n) is 5.08. The summed E-state index contributed by atoms with van der Waals surface area (Å²) < 4.78 is 6.93. The van der Waals surface area contributed by atoms with Crippen molar-refractivity contribution >= 4 is 40.2 Å². The van der Waals surface area contributed by atoms with E-state index in [9.17, 15) is 0 Å². The molecule has 0 unspecified atom stereocenters. The minimum atomic E-state index is 0.229. The summed E-state index contributed by atoms with van der Waals surface area (Å²) >= 11 is 14.1. The molecule has 100 valence electrons. The summed E-state index contributed by atoms with van der Waals surface area (Å²) in [5.74, 6) is 1.65. The standard InChI is InChI=1S/C14H18BrClOS/c15-11-4-5-12(16)13(8-11)17-9-14(10-18)6-2-1-3-7-14/h4-5,8,18H,1-3,6-7,9-10H2. The number of ether oxygens (including phenoxy) is 1. The summed E-state index contributed by atoms with van der Waals surface area (Å²) in [6.45, 7) is 0.715. The van der Waals surface area contributed by atoms with Crippen LogP contribution in [-0.4, -0.2) is 12.4 Å². The van der Waals surface area contributed by atoms with Crippen molar-refractivity contribution in [2.75, 3.05) is 12.4 Å². The predicted molar refractivity (Wildman–Crippen MR) is 84.0 cm³/mol. The van der Waals surface area contributed by atoms with E-state index in [0.29, 0.717) is 11.6 Å². The summed E-state index contributed by atoms with van der Waals surface area (Å²) in [7, 11) is 0. The van der Waals surface area contributed by atoms with Crippen molar-refractivity contribution in [3.05, 3.63) is 27.7 Å². The molecule has 1 fully saturated rings. The van der Waals surface area contributed by atoms with Crippen LogP contribution >= 0.6 is 40.2 Å². The monoisotopic (exact) mass is 348 g/mol. The van der Waals surface area contributed by atoms with Gasteiger partial charge in [-0.25, -0.2) is 0 Å². The molecule has 1 aromatic rings. The zero-order chi connectivity index (χ0) is 13.0. The molecule has 0 heterocycles. The zero-order valence-corrected chi connectivity index (χ0v) is 13.5. The van der Waals surface area contributed by atoms with Gasteiger partial charge in [-0.15, -0.1) is 0 Å². The second kappa shape index (κ2) is 6.53. The van der Waals surface area contributed by atoms with E-state index in [4.69, 9.17) is 16.3 Å². The number of thiol groups is 1. The van der Waals surface area contributed by atoms with Crippen molar-refractivity contribution in [3.8, 4) is 5.75 Å². The van der Waals surface area contributed by atoms with Gasteiger partial charge >= 0.3 is 0 Å². The van der Waals surface area contributed by atoms with Crippen molar-refractivity contribution < 1.29 is 4.74 Å². The molecule has 0 spiro atoms. The van der Waals surface area contributed by atoms with Crippen molar-refractivity contribution in [2.45, 2.75) is 32.1 Å². The van der Waals surface area contributed by atoms with Gasteiger partial charge in [-0.2, -0.15) is 12.6 Å². The fourth-order valence-electron chi connectivity index (χ4n) is 2.47. The number of halogens is 2. The van der Waals surface area contributed by atoms with Crippen molar-refractivity contribution in [2.24, 2.45) is 5.41 Å². The average molecular weight is 350 g/mol. The lowest BCUT2D eigenvalue weighted by Crippen LogP contribution is -2.33. The highest BCUT2D eigenvalue weighted by Crippen LogP contribution is 2.38. The number of hydrogen-bond acceptors (Lipinski definition) is 2. The van der Waals surface area contributed by atoms with Crippen LogP contribution in [0.4, 0.5) is 0 Å². The highest BCUT2D eigenvalue weighted by molar-refractivity contribution is 9.10.